The molecule has 0 nitrogen and oxygen atoms in total. The molecule has 0 saturated carbocycles. The molecule has 0 fully saturated rings. The van der Waals surface area contributed by atoms with Crippen LogP contribution in [0.1, 0.15) is 37.3 Å². The maximum absolute atomic E-state index is 2.38. The summed E-state index contributed by atoms with van der Waals surface area (Å²) in [6.07, 6.45) is 2.59. The van der Waals surface area contributed by atoms with Gasteiger partial charge in [0, 0.05) is 0 Å². The minimum Gasteiger partial charge on any atom is -0.0622 e. The molecule has 3 rings (SSSR count). The van der Waals surface area contributed by atoms with Gasteiger partial charge in [-0.2, -0.15) is 0 Å². The van der Waals surface area contributed by atoms with E-state index in [1.54, 1.807) is 11.1 Å². The molecule has 0 unspecified atom stereocenters. The first-order valence-corrected chi connectivity index (χ1v) is 6.26. The van der Waals surface area contributed by atoms with Gasteiger partial charge in [-0.1, -0.05) is 50.2 Å². The van der Waals surface area contributed by atoms with Crippen LogP contribution in [0.3, 0.4) is 0 Å². The Balaban J connectivity index is 2.29. The monoisotopic (exact) mass is 210 g/mol. The predicted molar refractivity (Wildman–Crippen MR) is 69.8 cm³/mol. The smallest absolute Gasteiger partial charge is 0.0149 e. The fraction of sp³-hybridized carbons (Fsp3) is 0.375. The van der Waals surface area contributed by atoms with Crippen LogP contribution in [0.4, 0.5) is 0 Å². The summed E-state index contributed by atoms with van der Waals surface area (Å²) in [5.41, 5.74) is 3.18. The van der Waals surface area contributed by atoms with Gasteiger partial charge in [-0.25, -0.2) is 0 Å². The largest absolute Gasteiger partial charge is 0.0622 e. The first-order chi connectivity index (χ1) is 7.75. The molecule has 0 saturated heterocycles. The Labute approximate surface area is 97.3 Å². The van der Waals surface area contributed by atoms with E-state index >= 15 is 0 Å². The zero-order valence-corrected chi connectivity index (χ0v) is 10.0. The van der Waals surface area contributed by atoms with Crippen LogP contribution in [0.2, 0.25) is 0 Å². The van der Waals surface area contributed by atoms with Gasteiger partial charge in [0.2, 0.25) is 0 Å². The zero-order chi connectivity index (χ0) is 11.1. The lowest BCUT2D eigenvalue weighted by atomic mass is 9.77. The lowest BCUT2D eigenvalue weighted by Crippen LogP contribution is -2.14. The molecule has 16 heavy (non-hydrogen) atoms. The normalized spacial score (nSPS) is 24.4. The summed E-state index contributed by atoms with van der Waals surface area (Å²) in [5, 5.41) is 2.86. The molecule has 1 aliphatic carbocycles. The summed E-state index contributed by atoms with van der Waals surface area (Å²) in [4.78, 5) is 0. The SMILES string of the molecule is C[C@@H]1Cc2c(ccc3ccccc23)[C@@H](C)C1. The molecule has 0 aliphatic heterocycles. The van der Waals surface area contributed by atoms with E-state index in [0.29, 0.717) is 0 Å². The lowest BCUT2D eigenvalue weighted by molar-refractivity contribution is 0.452. The number of benzene rings is 2. The van der Waals surface area contributed by atoms with Crippen LogP contribution in [-0.2, 0) is 6.42 Å². The van der Waals surface area contributed by atoms with Gasteiger partial charge >= 0.3 is 0 Å². The fourth-order valence-electron chi connectivity index (χ4n) is 3.20. The van der Waals surface area contributed by atoms with Crippen molar-refractivity contribution >= 4 is 10.8 Å². The van der Waals surface area contributed by atoms with Crippen LogP contribution in [-0.4, -0.2) is 0 Å². The highest BCUT2D eigenvalue weighted by molar-refractivity contribution is 5.87. The summed E-state index contributed by atoms with van der Waals surface area (Å²) in [5.74, 6) is 1.55. The van der Waals surface area contributed by atoms with Gasteiger partial charge in [0.15, 0.2) is 0 Å². The van der Waals surface area contributed by atoms with Gasteiger partial charge in [-0.15, -0.1) is 0 Å². The summed E-state index contributed by atoms with van der Waals surface area (Å²) >= 11 is 0. The lowest BCUT2D eigenvalue weighted by Gasteiger charge is -2.28. The Morgan fingerprint density at radius 3 is 2.69 bits per heavy atom. The molecular weight excluding hydrogens is 192 g/mol. The van der Waals surface area contributed by atoms with E-state index in [4.69, 9.17) is 0 Å². The summed E-state index contributed by atoms with van der Waals surface area (Å²) in [6, 6.07) is 13.4. The molecule has 0 N–H and O–H groups in total. The minimum atomic E-state index is 0.725. The van der Waals surface area contributed by atoms with E-state index in [0.717, 1.165) is 11.8 Å². The van der Waals surface area contributed by atoms with Crippen molar-refractivity contribution < 1.29 is 0 Å². The van der Waals surface area contributed by atoms with Crippen molar-refractivity contribution in [3.63, 3.8) is 0 Å². The van der Waals surface area contributed by atoms with E-state index in [1.165, 1.54) is 23.6 Å². The molecule has 2 atom stereocenters. The van der Waals surface area contributed by atoms with E-state index in [9.17, 15) is 0 Å². The third-order valence-electron chi connectivity index (χ3n) is 3.92. The maximum atomic E-state index is 2.38. The Kier molecular flexibility index (Phi) is 2.24. The van der Waals surface area contributed by atoms with Crippen LogP contribution < -0.4 is 0 Å². The van der Waals surface area contributed by atoms with Crippen molar-refractivity contribution in [2.24, 2.45) is 5.92 Å². The first-order valence-electron chi connectivity index (χ1n) is 6.26. The standard InChI is InChI=1S/C16H18/c1-11-9-12(2)14-8-7-13-5-3-4-6-15(13)16(14)10-11/h3-8,11-12H,9-10H2,1-2H3/t11-,12-/m0/s1. The number of fused-ring (bicyclic) bond motifs is 3. The summed E-state index contributed by atoms with van der Waals surface area (Å²) < 4.78 is 0. The van der Waals surface area contributed by atoms with E-state index in [-0.39, 0.29) is 0 Å². The number of rotatable bonds is 0. The highest BCUT2D eigenvalue weighted by Gasteiger charge is 2.22. The van der Waals surface area contributed by atoms with Crippen LogP contribution in [0.15, 0.2) is 36.4 Å². The molecule has 0 spiro atoms. The Morgan fingerprint density at radius 1 is 1.00 bits per heavy atom. The number of hydrogen-bond acceptors (Lipinski definition) is 0. The second-order valence-electron chi connectivity index (χ2n) is 5.30. The van der Waals surface area contributed by atoms with Gasteiger partial charge in [0.1, 0.15) is 0 Å². The molecule has 2 aromatic carbocycles. The van der Waals surface area contributed by atoms with Crippen molar-refractivity contribution in [2.45, 2.75) is 32.6 Å². The van der Waals surface area contributed by atoms with Crippen molar-refractivity contribution in [3.8, 4) is 0 Å². The minimum absolute atomic E-state index is 0.725. The van der Waals surface area contributed by atoms with Crippen molar-refractivity contribution in [3.05, 3.63) is 47.5 Å². The Morgan fingerprint density at radius 2 is 1.81 bits per heavy atom. The molecular formula is C16H18. The molecule has 82 valence electrons. The third-order valence-corrected chi connectivity index (χ3v) is 3.92. The molecule has 0 radical (unpaired) electrons. The van der Waals surface area contributed by atoms with Crippen LogP contribution in [0, 0.1) is 5.92 Å². The van der Waals surface area contributed by atoms with Gasteiger partial charge in [0.05, 0.1) is 0 Å². The van der Waals surface area contributed by atoms with Gasteiger partial charge in [-0.05, 0) is 46.6 Å². The molecule has 2 aromatic rings. The fourth-order valence-corrected chi connectivity index (χ4v) is 3.20. The van der Waals surface area contributed by atoms with E-state index in [2.05, 4.69) is 50.2 Å². The second-order valence-corrected chi connectivity index (χ2v) is 5.30. The molecule has 0 amide bonds. The average molecular weight is 210 g/mol. The third kappa shape index (κ3) is 1.44. The molecule has 1 aliphatic rings. The van der Waals surface area contributed by atoms with E-state index < -0.39 is 0 Å². The molecule has 0 bridgehead atoms. The van der Waals surface area contributed by atoms with Crippen molar-refractivity contribution in [1.29, 1.82) is 0 Å². The van der Waals surface area contributed by atoms with Crippen molar-refractivity contribution in [2.75, 3.05) is 0 Å². The van der Waals surface area contributed by atoms with Crippen LogP contribution in [0.5, 0.6) is 0 Å². The van der Waals surface area contributed by atoms with Crippen LogP contribution in [0.25, 0.3) is 10.8 Å². The molecule has 0 heterocycles. The topological polar surface area (TPSA) is 0 Å². The summed E-state index contributed by atoms with van der Waals surface area (Å²) in [6.45, 7) is 4.74. The van der Waals surface area contributed by atoms with Gasteiger partial charge in [-0.3, -0.25) is 0 Å². The van der Waals surface area contributed by atoms with Gasteiger partial charge in [0.25, 0.3) is 0 Å². The first kappa shape index (κ1) is 9.89. The predicted octanol–water partition coefficient (Wildman–Crippen LogP) is 4.53. The highest BCUT2D eigenvalue weighted by Crippen LogP contribution is 2.37. The average Bonchev–Trinajstić information content (AvgIpc) is 2.28. The van der Waals surface area contributed by atoms with E-state index in [1.807, 2.05) is 0 Å². The molecule has 0 aromatic heterocycles. The zero-order valence-electron chi connectivity index (χ0n) is 10.0. The Bertz CT molecular complexity index is 525. The van der Waals surface area contributed by atoms with Crippen molar-refractivity contribution in [1.82, 2.24) is 0 Å². The number of hydrogen-bond donors (Lipinski definition) is 0. The Hall–Kier alpha value is -1.30. The quantitative estimate of drug-likeness (QED) is 0.599. The maximum Gasteiger partial charge on any atom is -0.0149 e. The second kappa shape index (κ2) is 3.62. The molecule has 0 heteroatoms. The van der Waals surface area contributed by atoms with Gasteiger partial charge < -0.3 is 0 Å². The highest BCUT2D eigenvalue weighted by atomic mass is 14.3. The summed E-state index contributed by atoms with van der Waals surface area (Å²) in [7, 11) is 0. The van der Waals surface area contributed by atoms with Crippen LogP contribution >= 0.6 is 0 Å².